The number of nitrogens with one attached hydrogen (secondary N) is 2. The topological polar surface area (TPSA) is 133 Å². The number of hydrogen-bond donors (Lipinski definition) is 2. The Morgan fingerprint density at radius 2 is 1.80 bits per heavy atom. The van der Waals surface area contributed by atoms with Crippen LogP contribution in [0.2, 0.25) is 0 Å². The molecule has 0 radical (unpaired) electrons. The number of H-pyrrole nitrogens is 1. The zero-order valence-corrected chi connectivity index (χ0v) is 26.2. The van der Waals surface area contributed by atoms with E-state index in [0.29, 0.717) is 34.7 Å². The molecule has 0 spiro atoms. The van der Waals surface area contributed by atoms with Crippen molar-refractivity contribution >= 4 is 53.5 Å². The van der Waals surface area contributed by atoms with Crippen LogP contribution >= 0.6 is 0 Å². The first-order chi connectivity index (χ1) is 21.3. The van der Waals surface area contributed by atoms with Crippen LogP contribution in [0.5, 0.6) is 0 Å². The van der Waals surface area contributed by atoms with Crippen molar-refractivity contribution in [2.75, 3.05) is 37.7 Å². The number of hydrogen-bond acceptors (Lipinski definition) is 6. The molecule has 1 aliphatic heterocycles. The minimum atomic E-state index is -4.08. The average Bonchev–Trinajstić information content (AvgIpc) is 3.63. The van der Waals surface area contributed by atoms with Gasteiger partial charge in [-0.05, 0) is 66.8 Å². The Morgan fingerprint density at radius 3 is 2.47 bits per heavy atom. The summed E-state index contributed by atoms with van der Waals surface area (Å²) in [6.45, 7) is 0.217. The molecule has 1 amide bonds. The van der Waals surface area contributed by atoms with Gasteiger partial charge < -0.3 is 14.7 Å². The molecule has 0 bridgehead atoms. The molecule has 6 rings (SSSR count). The third-order valence-corrected chi connectivity index (χ3v) is 11.2. The molecule has 3 heterocycles. The highest BCUT2D eigenvalue weighted by molar-refractivity contribution is 7.92. The number of aromatic nitrogens is 1. The first-order valence-electron chi connectivity index (χ1n) is 14.1. The third-order valence-electron chi connectivity index (χ3n) is 8.26. The van der Waals surface area contributed by atoms with Gasteiger partial charge in [-0.25, -0.2) is 25.6 Å². The highest BCUT2D eigenvalue weighted by Crippen LogP contribution is 2.42. The standard InChI is InChI=1S/C31H30F2N4O6S2/c1-34-31(38)28-23-15-22(25(36(2)44(3,39)40)16-26(23)43-30(28)18-9-11-21(32)12-10-18)20-7-5-13-37(17-20)45(41,42)27-14-19-6-4-8-24(33)29(19)35-27/h4,6,8-12,14-16,20,35H,5,7,13,17H2,1-3H3,(H,34,38)/t20-/m1/s1. The Labute approximate surface area is 258 Å². The number of piperidine rings is 1. The number of carbonyl (C=O) groups is 1. The molecular weight excluding hydrogens is 626 g/mol. The summed E-state index contributed by atoms with van der Waals surface area (Å²) >= 11 is 0. The fraction of sp³-hybridized carbons (Fsp3) is 0.258. The summed E-state index contributed by atoms with van der Waals surface area (Å²) in [4.78, 5) is 15.9. The van der Waals surface area contributed by atoms with E-state index >= 15 is 0 Å². The molecule has 14 heteroatoms. The molecule has 2 N–H and O–H groups in total. The Hall–Kier alpha value is -4.27. The molecule has 1 atom stereocenters. The van der Waals surface area contributed by atoms with E-state index in [2.05, 4.69) is 10.3 Å². The van der Waals surface area contributed by atoms with Crippen LogP contribution in [0.15, 0.2) is 70.1 Å². The van der Waals surface area contributed by atoms with E-state index in [0.717, 1.165) is 10.6 Å². The van der Waals surface area contributed by atoms with Gasteiger partial charge in [0.1, 0.15) is 28.0 Å². The Balaban J connectivity index is 1.49. The van der Waals surface area contributed by atoms with Gasteiger partial charge in [-0.3, -0.25) is 9.10 Å². The van der Waals surface area contributed by atoms with E-state index in [9.17, 15) is 30.4 Å². The number of rotatable bonds is 7. The fourth-order valence-electron chi connectivity index (χ4n) is 5.87. The normalized spacial score (nSPS) is 16.3. The van der Waals surface area contributed by atoms with Gasteiger partial charge in [-0.2, -0.15) is 4.31 Å². The summed E-state index contributed by atoms with van der Waals surface area (Å²) in [6, 6.07) is 14.4. The van der Waals surface area contributed by atoms with Crippen molar-refractivity contribution in [1.82, 2.24) is 14.6 Å². The van der Waals surface area contributed by atoms with Gasteiger partial charge in [0, 0.05) is 49.6 Å². The van der Waals surface area contributed by atoms with Crippen LogP contribution in [0.25, 0.3) is 33.2 Å². The molecule has 236 valence electrons. The van der Waals surface area contributed by atoms with Gasteiger partial charge >= 0.3 is 0 Å². The number of para-hydroxylation sites is 1. The molecular formula is C31H30F2N4O6S2. The van der Waals surface area contributed by atoms with Crippen LogP contribution in [-0.4, -0.2) is 65.5 Å². The summed E-state index contributed by atoms with van der Waals surface area (Å²) in [5, 5.41) is 3.27. The van der Waals surface area contributed by atoms with Crippen molar-refractivity contribution in [3.8, 4) is 11.3 Å². The van der Waals surface area contributed by atoms with Gasteiger partial charge in [0.15, 0.2) is 0 Å². The van der Waals surface area contributed by atoms with E-state index in [1.165, 1.54) is 66.9 Å². The second-order valence-electron chi connectivity index (χ2n) is 11.1. The van der Waals surface area contributed by atoms with Gasteiger partial charge in [0.2, 0.25) is 10.0 Å². The quantitative estimate of drug-likeness (QED) is 0.248. The number of nitrogens with zero attached hydrogens (tertiary/aromatic N) is 2. The summed E-state index contributed by atoms with van der Waals surface area (Å²) in [6.07, 6.45) is 2.05. The lowest BCUT2D eigenvalue weighted by molar-refractivity contribution is 0.0964. The number of aromatic amines is 1. The van der Waals surface area contributed by atoms with Gasteiger partial charge in [-0.1, -0.05) is 12.1 Å². The number of amides is 1. The summed E-state index contributed by atoms with van der Waals surface area (Å²) in [5.74, 6) is -1.81. The van der Waals surface area contributed by atoms with Crippen LogP contribution in [0.3, 0.4) is 0 Å². The minimum Gasteiger partial charge on any atom is -0.455 e. The van der Waals surface area contributed by atoms with Crippen molar-refractivity contribution in [3.05, 3.63) is 83.4 Å². The molecule has 0 unspecified atom stereocenters. The van der Waals surface area contributed by atoms with E-state index in [1.54, 1.807) is 12.1 Å². The monoisotopic (exact) mass is 656 g/mol. The van der Waals surface area contributed by atoms with Crippen LogP contribution in [0.4, 0.5) is 14.5 Å². The van der Waals surface area contributed by atoms with E-state index in [4.69, 9.17) is 4.42 Å². The maximum Gasteiger partial charge on any atom is 0.258 e. The first kappa shape index (κ1) is 30.7. The number of anilines is 1. The molecule has 5 aromatic rings. The number of carbonyl (C=O) groups excluding carboxylic acids is 1. The zero-order valence-electron chi connectivity index (χ0n) is 24.6. The first-order valence-corrected chi connectivity index (χ1v) is 17.4. The van der Waals surface area contributed by atoms with Crippen LogP contribution < -0.4 is 9.62 Å². The SMILES string of the molecule is CNC(=O)c1c(-c2ccc(F)cc2)oc2cc(N(C)S(C)(=O)=O)c([C@@H]3CCCN(S(=O)(=O)c4cc5cccc(F)c5[nH]4)C3)cc12. The molecule has 1 saturated heterocycles. The van der Waals surface area contributed by atoms with Crippen LogP contribution in [0.1, 0.15) is 34.7 Å². The predicted octanol–water partition coefficient (Wildman–Crippen LogP) is 5.18. The second-order valence-corrected chi connectivity index (χ2v) is 15.0. The summed E-state index contributed by atoms with van der Waals surface area (Å²) < 4.78 is 89.6. The highest BCUT2D eigenvalue weighted by atomic mass is 32.2. The smallest absolute Gasteiger partial charge is 0.258 e. The zero-order chi connectivity index (χ0) is 32.3. The number of benzene rings is 3. The molecule has 1 fully saturated rings. The van der Waals surface area contributed by atoms with Crippen LogP contribution in [0, 0.1) is 11.6 Å². The third kappa shape index (κ3) is 5.47. The van der Waals surface area contributed by atoms with Gasteiger partial charge in [0.05, 0.1) is 23.0 Å². The van der Waals surface area contributed by atoms with Crippen molar-refractivity contribution < 1.29 is 34.8 Å². The highest BCUT2D eigenvalue weighted by Gasteiger charge is 2.35. The van der Waals surface area contributed by atoms with Crippen LogP contribution in [-0.2, 0) is 20.0 Å². The van der Waals surface area contributed by atoms with Crippen molar-refractivity contribution in [2.24, 2.45) is 0 Å². The molecule has 2 aromatic heterocycles. The van der Waals surface area contributed by atoms with Gasteiger partial charge in [0.25, 0.3) is 15.9 Å². The molecule has 10 nitrogen and oxygen atoms in total. The Kier molecular flexibility index (Phi) is 7.70. The minimum absolute atomic E-state index is 0.00820. The predicted molar refractivity (Wildman–Crippen MR) is 167 cm³/mol. The molecule has 0 aliphatic carbocycles. The Bertz CT molecular complexity index is 2180. The lowest BCUT2D eigenvalue weighted by Gasteiger charge is -2.33. The van der Waals surface area contributed by atoms with E-state index in [-0.39, 0.29) is 46.2 Å². The van der Waals surface area contributed by atoms with E-state index in [1.807, 2.05) is 0 Å². The lowest BCUT2D eigenvalue weighted by Crippen LogP contribution is -2.39. The largest absolute Gasteiger partial charge is 0.455 e. The molecule has 0 saturated carbocycles. The fourth-order valence-corrected chi connectivity index (χ4v) is 7.91. The maximum atomic E-state index is 14.4. The van der Waals surface area contributed by atoms with Gasteiger partial charge in [-0.15, -0.1) is 0 Å². The molecule has 45 heavy (non-hydrogen) atoms. The van der Waals surface area contributed by atoms with E-state index < -0.39 is 43.5 Å². The molecule has 3 aromatic carbocycles. The summed E-state index contributed by atoms with van der Waals surface area (Å²) in [7, 11) is -5.00. The number of sulfonamides is 2. The van der Waals surface area contributed by atoms with Crippen molar-refractivity contribution in [1.29, 1.82) is 0 Å². The summed E-state index contributed by atoms with van der Waals surface area (Å²) in [5.41, 5.74) is 1.71. The Morgan fingerprint density at radius 1 is 1.07 bits per heavy atom. The molecule has 1 aliphatic rings. The number of halogens is 2. The second kappa shape index (κ2) is 11.3. The van der Waals surface area contributed by atoms with Crippen molar-refractivity contribution in [2.45, 2.75) is 23.8 Å². The number of fused-ring (bicyclic) bond motifs is 2. The number of furan rings is 1. The lowest BCUT2D eigenvalue weighted by atomic mass is 9.89. The average molecular weight is 657 g/mol. The van der Waals surface area contributed by atoms with Crippen molar-refractivity contribution in [3.63, 3.8) is 0 Å². The maximum absolute atomic E-state index is 14.4.